The lowest BCUT2D eigenvalue weighted by molar-refractivity contribution is -0.137. The Hall–Kier alpha value is -4.60. The highest BCUT2D eigenvalue weighted by atomic mass is 16.5. The molecule has 0 atom stereocenters. The Morgan fingerprint density at radius 2 is 1.92 bits per heavy atom. The smallest absolute Gasteiger partial charge is 0.330 e. The van der Waals surface area contributed by atoms with E-state index in [9.17, 15) is 4.79 Å². The zero-order chi connectivity index (χ0) is 27.4. The molecular formula is C29H30N6O4. The van der Waals surface area contributed by atoms with Crippen molar-refractivity contribution in [3.63, 3.8) is 0 Å². The number of nitrogens with one attached hydrogen (secondary N) is 1. The largest absolute Gasteiger partial charge is 0.480 e. The van der Waals surface area contributed by atoms with E-state index in [0.29, 0.717) is 47.7 Å². The number of ether oxygens (including phenoxy) is 2. The van der Waals surface area contributed by atoms with Gasteiger partial charge in [0.05, 0.1) is 25.1 Å². The molecule has 3 heterocycles. The normalized spacial score (nSPS) is 13.0. The molecule has 0 unspecified atom stereocenters. The van der Waals surface area contributed by atoms with Crippen molar-refractivity contribution in [2.24, 2.45) is 0 Å². The molecule has 4 aromatic rings. The van der Waals surface area contributed by atoms with Gasteiger partial charge in [-0.15, -0.1) is 0 Å². The molecule has 1 aliphatic rings. The Bertz CT molecular complexity index is 1490. The molecule has 0 saturated heterocycles. The van der Waals surface area contributed by atoms with E-state index in [2.05, 4.69) is 25.4 Å². The first-order chi connectivity index (χ1) is 19.0. The van der Waals surface area contributed by atoms with Gasteiger partial charge in [0, 0.05) is 35.9 Å². The predicted molar refractivity (Wildman–Crippen MR) is 146 cm³/mol. The van der Waals surface area contributed by atoms with Crippen LogP contribution in [0, 0.1) is 13.8 Å². The van der Waals surface area contributed by atoms with Gasteiger partial charge in [0.15, 0.2) is 5.82 Å². The van der Waals surface area contributed by atoms with E-state index in [1.54, 1.807) is 26.3 Å². The van der Waals surface area contributed by atoms with Crippen molar-refractivity contribution < 1.29 is 18.8 Å². The van der Waals surface area contributed by atoms with Crippen LogP contribution in [-0.4, -0.2) is 44.8 Å². The Morgan fingerprint density at radius 1 is 1.13 bits per heavy atom. The summed E-state index contributed by atoms with van der Waals surface area (Å²) in [6.45, 7) is 6.40. The second-order valence-electron chi connectivity index (χ2n) is 9.25. The summed E-state index contributed by atoms with van der Waals surface area (Å²) in [5.74, 6) is 2.15. The van der Waals surface area contributed by atoms with Gasteiger partial charge in [0.25, 0.3) is 0 Å². The second kappa shape index (κ2) is 11.4. The standard InChI is InChI=1S/C29H30N6O4/c1-5-38-23(36)13-12-22-15-31-28(25-26(21-10-11-21)32-16-33-29(25)37-4)34-27(22)30-14-19-6-8-20(9-7-19)24-17(2)35-39-18(24)3/h6-9,12-13,15-16,21H,5,10-11,14H2,1-4H3,(H,30,31,34)/b13-12+. The minimum absolute atomic E-state index is 0.297. The number of esters is 1. The number of aromatic nitrogens is 5. The highest BCUT2D eigenvalue weighted by Gasteiger charge is 2.31. The minimum atomic E-state index is -0.434. The first-order valence-corrected chi connectivity index (χ1v) is 12.9. The highest BCUT2D eigenvalue weighted by molar-refractivity contribution is 5.88. The maximum absolute atomic E-state index is 12.0. The zero-order valence-corrected chi connectivity index (χ0v) is 22.4. The van der Waals surface area contributed by atoms with Crippen LogP contribution in [0.3, 0.4) is 0 Å². The van der Waals surface area contributed by atoms with Crippen molar-refractivity contribution in [3.8, 4) is 28.4 Å². The monoisotopic (exact) mass is 526 g/mol. The molecule has 200 valence electrons. The molecule has 0 amide bonds. The third kappa shape index (κ3) is 5.79. The number of hydrogen-bond acceptors (Lipinski definition) is 10. The highest BCUT2D eigenvalue weighted by Crippen LogP contribution is 2.45. The van der Waals surface area contributed by atoms with Crippen LogP contribution < -0.4 is 10.1 Å². The summed E-state index contributed by atoms with van der Waals surface area (Å²) in [7, 11) is 1.57. The number of aryl methyl sites for hydroxylation is 2. The number of rotatable bonds is 10. The maximum atomic E-state index is 12.0. The SMILES string of the molecule is CCOC(=O)/C=C/c1cnc(-c2c(OC)ncnc2C2CC2)nc1NCc1ccc(-c2c(C)noc2C)cc1. The number of carbonyl (C=O) groups excluding carboxylic acids is 1. The van der Waals surface area contributed by atoms with E-state index in [-0.39, 0.29) is 0 Å². The molecule has 0 aliphatic heterocycles. The van der Waals surface area contributed by atoms with Crippen molar-refractivity contribution in [3.05, 3.63) is 71.1 Å². The van der Waals surface area contributed by atoms with E-state index >= 15 is 0 Å². The zero-order valence-electron chi connectivity index (χ0n) is 22.4. The van der Waals surface area contributed by atoms with Gasteiger partial charge in [-0.25, -0.2) is 24.7 Å². The molecule has 10 heteroatoms. The first-order valence-electron chi connectivity index (χ1n) is 12.9. The summed E-state index contributed by atoms with van der Waals surface area (Å²) in [6.07, 6.45) is 8.31. The molecule has 1 fully saturated rings. The first kappa shape index (κ1) is 26.0. The molecule has 1 aromatic carbocycles. The molecule has 0 radical (unpaired) electrons. The number of anilines is 1. The number of benzene rings is 1. The molecular weight excluding hydrogens is 496 g/mol. The van der Waals surface area contributed by atoms with Crippen LogP contribution >= 0.6 is 0 Å². The summed E-state index contributed by atoms with van der Waals surface area (Å²) in [4.78, 5) is 30.2. The van der Waals surface area contributed by atoms with Crippen LogP contribution in [0.25, 0.3) is 28.6 Å². The number of carbonyl (C=O) groups is 1. The molecule has 1 saturated carbocycles. The molecule has 3 aromatic heterocycles. The molecule has 39 heavy (non-hydrogen) atoms. The van der Waals surface area contributed by atoms with Crippen molar-refractivity contribution in [1.82, 2.24) is 25.1 Å². The minimum Gasteiger partial charge on any atom is -0.480 e. The van der Waals surface area contributed by atoms with Gasteiger partial charge < -0.3 is 19.3 Å². The molecule has 1 aliphatic carbocycles. The number of methoxy groups -OCH3 is 1. The van der Waals surface area contributed by atoms with Gasteiger partial charge in [0.2, 0.25) is 5.88 Å². The summed E-state index contributed by atoms with van der Waals surface area (Å²) in [6, 6.07) is 8.18. The molecule has 0 bridgehead atoms. The van der Waals surface area contributed by atoms with Crippen LogP contribution in [-0.2, 0) is 16.1 Å². The fraction of sp³-hybridized carbons (Fsp3) is 0.310. The molecule has 0 spiro atoms. The Kier molecular flexibility index (Phi) is 7.62. The molecule has 5 rings (SSSR count). The quantitative estimate of drug-likeness (QED) is 0.215. The van der Waals surface area contributed by atoms with Crippen molar-refractivity contribution >= 4 is 17.9 Å². The number of hydrogen-bond donors (Lipinski definition) is 1. The van der Waals surface area contributed by atoms with Gasteiger partial charge in [0.1, 0.15) is 23.5 Å². The topological polar surface area (TPSA) is 125 Å². The lowest BCUT2D eigenvalue weighted by atomic mass is 10.0. The lowest BCUT2D eigenvalue weighted by Crippen LogP contribution is -2.07. The average molecular weight is 527 g/mol. The van der Waals surface area contributed by atoms with Gasteiger partial charge in [-0.1, -0.05) is 29.4 Å². The van der Waals surface area contributed by atoms with E-state index < -0.39 is 5.97 Å². The third-order valence-corrected chi connectivity index (χ3v) is 6.46. The van der Waals surface area contributed by atoms with Gasteiger partial charge in [-0.3, -0.25) is 0 Å². The molecule has 1 N–H and O–H groups in total. The van der Waals surface area contributed by atoms with Crippen molar-refractivity contribution in [1.29, 1.82) is 0 Å². The fourth-order valence-corrected chi connectivity index (χ4v) is 4.41. The summed E-state index contributed by atoms with van der Waals surface area (Å²) < 4.78 is 15.9. The van der Waals surface area contributed by atoms with Crippen LogP contribution in [0.15, 0.2) is 47.4 Å². The lowest BCUT2D eigenvalue weighted by Gasteiger charge is -2.14. The summed E-state index contributed by atoms with van der Waals surface area (Å²) in [5, 5.41) is 7.46. The van der Waals surface area contributed by atoms with Crippen LogP contribution in [0.4, 0.5) is 5.82 Å². The Balaban J connectivity index is 1.45. The van der Waals surface area contributed by atoms with Gasteiger partial charge >= 0.3 is 5.97 Å². The van der Waals surface area contributed by atoms with E-state index in [1.165, 1.54) is 12.4 Å². The van der Waals surface area contributed by atoms with Crippen LogP contribution in [0.5, 0.6) is 5.88 Å². The summed E-state index contributed by atoms with van der Waals surface area (Å²) in [5.41, 5.74) is 6.17. The predicted octanol–water partition coefficient (Wildman–Crippen LogP) is 5.28. The third-order valence-electron chi connectivity index (χ3n) is 6.46. The van der Waals surface area contributed by atoms with Crippen LogP contribution in [0.1, 0.15) is 54.0 Å². The van der Waals surface area contributed by atoms with E-state index in [0.717, 1.165) is 46.7 Å². The second-order valence-corrected chi connectivity index (χ2v) is 9.25. The van der Waals surface area contributed by atoms with Crippen molar-refractivity contribution in [2.75, 3.05) is 19.0 Å². The maximum Gasteiger partial charge on any atom is 0.330 e. The summed E-state index contributed by atoms with van der Waals surface area (Å²) >= 11 is 0. The Morgan fingerprint density at radius 3 is 2.59 bits per heavy atom. The van der Waals surface area contributed by atoms with Gasteiger partial charge in [-0.2, -0.15) is 0 Å². The fourth-order valence-electron chi connectivity index (χ4n) is 4.41. The molecule has 10 nitrogen and oxygen atoms in total. The van der Waals surface area contributed by atoms with Gasteiger partial charge in [-0.05, 0) is 50.8 Å². The van der Waals surface area contributed by atoms with Crippen LogP contribution in [0.2, 0.25) is 0 Å². The Labute approximate surface area is 226 Å². The van der Waals surface area contributed by atoms with E-state index in [1.807, 2.05) is 38.1 Å². The van der Waals surface area contributed by atoms with E-state index in [4.69, 9.17) is 19.0 Å². The average Bonchev–Trinajstić information content (AvgIpc) is 3.75. The number of nitrogens with zero attached hydrogens (tertiary/aromatic N) is 5. The van der Waals surface area contributed by atoms with Crippen molar-refractivity contribution in [2.45, 2.75) is 46.1 Å².